The Bertz CT molecular complexity index is 79.9. The van der Waals surface area contributed by atoms with E-state index in [0.717, 1.165) is 5.33 Å². The fraction of sp³-hybridized carbons (Fsp3) is 1.00. The van der Waals surface area contributed by atoms with Crippen molar-refractivity contribution >= 4 is 15.9 Å². The Morgan fingerprint density at radius 1 is 0.917 bits per heavy atom. The summed E-state index contributed by atoms with van der Waals surface area (Å²) in [6.07, 6.45) is 5.22. The lowest BCUT2D eigenvalue weighted by atomic mass is 10.3. The van der Waals surface area contributed by atoms with Gasteiger partial charge in [0.05, 0.1) is 0 Å². The molecule has 74 valence electrons. The molecule has 0 saturated carbocycles. The monoisotopic (exact) mass is 235 g/mol. The molecule has 1 nitrogen and oxygen atoms in total. The molecule has 2 heteroatoms. The molecule has 0 aliphatic rings. The van der Waals surface area contributed by atoms with Gasteiger partial charge in [0.25, 0.3) is 0 Å². The van der Waals surface area contributed by atoms with Gasteiger partial charge in [-0.25, -0.2) is 0 Å². The van der Waals surface area contributed by atoms with E-state index in [9.17, 15) is 0 Å². The molecule has 12 heavy (non-hydrogen) atoms. The maximum Gasteiger partial charge on any atom is 0.00317 e. The van der Waals surface area contributed by atoms with E-state index in [2.05, 4.69) is 34.7 Å². The summed E-state index contributed by atoms with van der Waals surface area (Å²) in [5.74, 6) is 0. The second-order valence-corrected chi connectivity index (χ2v) is 4.03. The summed E-state index contributed by atoms with van der Waals surface area (Å²) in [4.78, 5) is 2.57. The van der Waals surface area contributed by atoms with Gasteiger partial charge in [-0.15, -0.1) is 0 Å². The highest BCUT2D eigenvalue weighted by Gasteiger charge is 2.00. The average Bonchev–Trinajstić information content (AvgIpc) is 2.06. The van der Waals surface area contributed by atoms with Gasteiger partial charge in [0.1, 0.15) is 0 Å². The van der Waals surface area contributed by atoms with Crippen LogP contribution in [0.2, 0.25) is 0 Å². The Balaban J connectivity index is 3.34. The molecule has 0 radical (unpaired) electrons. The Hall–Kier alpha value is 0.440. The van der Waals surface area contributed by atoms with Crippen LogP contribution in [0.15, 0.2) is 0 Å². The largest absolute Gasteiger partial charge is 0.303 e. The van der Waals surface area contributed by atoms with Crippen LogP contribution in [0, 0.1) is 0 Å². The lowest BCUT2D eigenvalue weighted by molar-refractivity contribution is 0.271. The second-order valence-electron chi connectivity index (χ2n) is 3.24. The first-order chi connectivity index (χ1) is 5.85. The quantitative estimate of drug-likeness (QED) is 0.461. The lowest BCUT2D eigenvalue weighted by Gasteiger charge is -2.20. The van der Waals surface area contributed by atoms with Crippen LogP contribution >= 0.6 is 15.9 Å². The molecule has 0 aliphatic heterocycles. The zero-order chi connectivity index (χ0) is 9.23. The van der Waals surface area contributed by atoms with Crippen LogP contribution in [-0.2, 0) is 0 Å². The van der Waals surface area contributed by atoms with Crippen molar-refractivity contribution < 1.29 is 0 Å². The molecule has 0 bridgehead atoms. The average molecular weight is 236 g/mol. The third-order valence-electron chi connectivity index (χ3n) is 1.94. The van der Waals surface area contributed by atoms with Gasteiger partial charge >= 0.3 is 0 Å². The molecule has 0 amide bonds. The summed E-state index contributed by atoms with van der Waals surface area (Å²) in [7, 11) is 0. The maximum atomic E-state index is 3.46. The van der Waals surface area contributed by atoms with Crippen LogP contribution in [0.25, 0.3) is 0 Å². The predicted molar refractivity (Wildman–Crippen MR) is 60.1 cm³/mol. The number of hydrogen-bond acceptors (Lipinski definition) is 1. The zero-order valence-corrected chi connectivity index (χ0v) is 10.1. The van der Waals surface area contributed by atoms with Crippen molar-refractivity contribution in [3.63, 3.8) is 0 Å². The molecule has 0 atom stereocenters. The Labute approximate surface area is 85.7 Å². The van der Waals surface area contributed by atoms with E-state index >= 15 is 0 Å². The van der Waals surface area contributed by atoms with Crippen molar-refractivity contribution in [2.45, 2.75) is 39.5 Å². The number of hydrogen-bond donors (Lipinski definition) is 0. The van der Waals surface area contributed by atoms with E-state index in [1.54, 1.807) is 0 Å². The van der Waals surface area contributed by atoms with Gasteiger partial charge in [-0.1, -0.05) is 29.8 Å². The maximum absolute atomic E-state index is 3.46. The van der Waals surface area contributed by atoms with Gasteiger partial charge in [0.15, 0.2) is 0 Å². The fourth-order valence-corrected chi connectivity index (χ4v) is 1.79. The smallest absolute Gasteiger partial charge is 0.00317 e. The molecular weight excluding hydrogens is 214 g/mol. The highest BCUT2D eigenvalue weighted by molar-refractivity contribution is 9.09. The number of unbranched alkanes of at least 4 members (excludes halogenated alkanes) is 1. The summed E-state index contributed by atoms with van der Waals surface area (Å²) in [5, 5.41) is 1.15. The molecule has 0 N–H and O–H groups in total. The summed E-state index contributed by atoms with van der Waals surface area (Å²) in [6, 6.07) is 0. The molecule has 0 rings (SSSR count). The normalized spacial score (nSPS) is 11.0. The molecule has 0 heterocycles. The summed E-state index contributed by atoms with van der Waals surface area (Å²) in [6.45, 7) is 8.35. The van der Waals surface area contributed by atoms with E-state index < -0.39 is 0 Å². The standard InChI is InChI=1S/C10H22BrN/c1-3-8-12(9-4-2)10-6-5-7-11/h3-10H2,1-2H3. The number of rotatable bonds is 8. The van der Waals surface area contributed by atoms with Crippen molar-refractivity contribution in [2.75, 3.05) is 25.0 Å². The number of nitrogens with zero attached hydrogens (tertiary/aromatic N) is 1. The third kappa shape index (κ3) is 7.11. The molecule has 0 aromatic rings. The molecular formula is C10H22BrN. The van der Waals surface area contributed by atoms with Crippen molar-refractivity contribution in [2.24, 2.45) is 0 Å². The van der Waals surface area contributed by atoms with Crippen LogP contribution in [0.1, 0.15) is 39.5 Å². The third-order valence-corrected chi connectivity index (χ3v) is 2.50. The minimum Gasteiger partial charge on any atom is -0.303 e. The van der Waals surface area contributed by atoms with E-state index in [4.69, 9.17) is 0 Å². The van der Waals surface area contributed by atoms with Crippen LogP contribution in [0.4, 0.5) is 0 Å². The van der Waals surface area contributed by atoms with Crippen LogP contribution in [0.5, 0.6) is 0 Å². The molecule has 0 aliphatic carbocycles. The second kappa shape index (κ2) is 9.53. The highest BCUT2D eigenvalue weighted by atomic mass is 79.9. The highest BCUT2D eigenvalue weighted by Crippen LogP contribution is 2.00. The van der Waals surface area contributed by atoms with E-state index in [1.165, 1.54) is 45.3 Å². The van der Waals surface area contributed by atoms with Crippen molar-refractivity contribution in [1.82, 2.24) is 4.90 Å². The van der Waals surface area contributed by atoms with Crippen LogP contribution in [0.3, 0.4) is 0 Å². The summed E-state index contributed by atoms with van der Waals surface area (Å²) < 4.78 is 0. The van der Waals surface area contributed by atoms with E-state index in [0.29, 0.717) is 0 Å². The van der Waals surface area contributed by atoms with Gasteiger partial charge < -0.3 is 4.90 Å². The lowest BCUT2D eigenvalue weighted by Crippen LogP contribution is -2.26. The molecule has 0 saturated heterocycles. The van der Waals surface area contributed by atoms with Crippen molar-refractivity contribution in [3.8, 4) is 0 Å². The minimum absolute atomic E-state index is 1.15. The molecule has 0 fully saturated rings. The molecule has 0 spiro atoms. The number of alkyl halides is 1. The van der Waals surface area contributed by atoms with Crippen LogP contribution in [-0.4, -0.2) is 29.9 Å². The van der Waals surface area contributed by atoms with Gasteiger partial charge in [-0.2, -0.15) is 0 Å². The van der Waals surface area contributed by atoms with Gasteiger partial charge in [-0.3, -0.25) is 0 Å². The first-order valence-corrected chi connectivity index (χ1v) is 6.25. The van der Waals surface area contributed by atoms with Crippen molar-refractivity contribution in [3.05, 3.63) is 0 Å². The first-order valence-electron chi connectivity index (χ1n) is 5.13. The van der Waals surface area contributed by atoms with Gasteiger partial charge in [0.2, 0.25) is 0 Å². The van der Waals surface area contributed by atoms with Crippen LogP contribution < -0.4 is 0 Å². The fourth-order valence-electron chi connectivity index (χ4n) is 1.40. The van der Waals surface area contributed by atoms with Gasteiger partial charge in [-0.05, 0) is 45.3 Å². The Morgan fingerprint density at radius 3 is 1.92 bits per heavy atom. The topological polar surface area (TPSA) is 3.24 Å². The van der Waals surface area contributed by atoms with Gasteiger partial charge in [0, 0.05) is 5.33 Å². The minimum atomic E-state index is 1.15. The van der Waals surface area contributed by atoms with E-state index in [1.807, 2.05) is 0 Å². The Kier molecular flexibility index (Phi) is 9.88. The Morgan fingerprint density at radius 2 is 1.50 bits per heavy atom. The molecule has 0 aromatic heterocycles. The molecule has 0 unspecified atom stereocenters. The molecule has 0 aromatic carbocycles. The zero-order valence-electron chi connectivity index (χ0n) is 8.48. The predicted octanol–water partition coefficient (Wildman–Crippen LogP) is 3.28. The SMILES string of the molecule is CCCN(CCC)CCCCBr. The number of halogens is 1. The van der Waals surface area contributed by atoms with Crippen molar-refractivity contribution in [1.29, 1.82) is 0 Å². The summed E-state index contributed by atoms with van der Waals surface area (Å²) in [5.41, 5.74) is 0. The van der Waals surface area contributed by atoms with E-state index in [-0.39, 0.29) is 0 Å². The first kappa shape index (κ1) is 12.4. The summed E-state index contributed by atoms with van der Waals surface area (Å²) >= 11 is 3.46.